The Bertz CT molecular complexity index is 270. The molecule has 3 rings (SSSR count). The van der Waals surface area contributed by atoms with Crippen molar-refractivity contribution < 1.29 is 4.74 Å². The molecule has 1 heterocycles. The third-order valence-corrected chi connectivity index (χ3v) is 5.80. The smallest absolute Gasteiger partial charge is 0.0863 e. The highest BCUT2D eigenvalue weighted by molar-refractivity contribution is 5.03. The van der Waals surface area contributed by atoms with Crippen molar-refractivity contribution in [2.75, 3.05) is 13.2 Å². The highest BCUT2D eigenvalue weighted by atomic mass is 16.5. The molecule has 2 nitrogen and oxygen atoms in total. The quantitative estimate of drug-likeness (QED) is 0.829. The first-order valence-corrected chi connectivity index (χ1v) is 8.22. The third kappa shape index (κ3) is 2.22. The Morgan fingerprint density at radius 2 is 2.06 bits per heavy atom. The van der Waals surface area contributed by atoms with Crippen LogP contribution in [0.3, 0.4) is 0 Å². The zero-order valence-electron chi connectivity index (χ0n) is 11.9. The minimum atomic E-state index is 0.195. The first kappa shape index (κ1) is 12.9. The number of ether oxygens (including phenoxy) is 1. The maximum atomic E-state index is 6.43. The zero-order valence-corrected chi connectivity index (χ0v) is 11.9. The molecule has 3 unspecified atom stereocenters. The lowest BCUT2D eigenvalue weighted by atomic mass is 9.66. The second-order valence-corrected chi connectivity index (χ2v) is 6.69. The van der Waals surface area contributed by atoms with Crippen LogP contribution in [0.4, 0.5) is 0 Å². The van der Waals surface area contributed by atoms with E-state index in [0.29, 0.717) is 6.04 Å². The summed E-state index contributed by atoms with van der Waals surface area (Å²) in [5, 5.41) is 3.82. The van der Waals surface area contributed by atoms with Crippen molar-refractivity contribution in [1.29, 1.82) is 0 Å². The van der Waals surface area contributed by atoms with Gasteiger partial charge in [-0.1, -0.05) is 45.4 Å². The average molecular weight is 251 g/mol. The molecule has 1 N–H and O–H groups in total. The van der Waals surface area contributed by atoms with Gasteiger partial charge in [-0.15, -0.1) is 0 Å². The molecule has 2 saturated carbocycles. The second kappa shape index (κ2) is 5.50. The Morgan fingerprint density at radius 1 is 1.17 bits per heavy atom. The van der Waals surface area contributed by atoms with Crippen LogP contribution in [0.5, 0.6) is 0 Å². The predicted molar refractivity (Wildman–Crippen MR) is 74.7 cm³/mol. The molecule has 0 bridgehead atoms. The predicted octanol–water partition coefficient (Wildman–Crippen LogP) is 3.50. The van der Waals surface area contributed by atoms with Crippen LogP contribution in [0, 0.1) is 11.8 Å². The van der Waals surface area contributed by atoms with Gasteiger partial charge >= 0.3 is 0 Å². The maximum absolute atomic E-state index is 6.43. The number of nitrogens with one attached hydrogen (secondary N) is 1. The van der Waals surface area contributed by atoms with E-state index in [4.69, 9.17) is 4.74 Å². The van der Waals surface area contributed by atoms with Gasteiger partial charge in [0.05, 0.1) is 12.2 Å². The molecule has 2 heteroatoms. The van der Waals surface area contributed by atoms with E-state index in [9.17, 15) is 0 Å². The van der Waals surface area contributed by atoms with Gasteiger partial charge in [-0.25, -0.2) is 0 Å². The van der Waals surface area contributed by atoms with E-state index in [1.165, 1.54) is 57.8 Å². The Morgan fingerprint density at radius 3 is 2.78 bits per heavy atom. The number of hydrogen-bond acceptors (Lipinski definition) is 2. The molecule has 3 aliphatic rings. The fraction of sp³-hybridized carbons (Fsp3) is 1.00. The SMILES string of the molecule is CCC1CCCCC12OCCNC2CC1CCC1. The van der Waals surface area contributed by atoms with Crippen LogP contribution < -0.4 is 5.32 Å². The average Bonchev–Trinajstić information content (AvgIpc) is 2.36. The lowest BCUT2D eigenvalue weighted by molar-refractivity contribution is -0.157. The molecule has 3 fully saturated rings. The molecule has 1 saturated heterocycles. The fourth-order valence-electron chi connectivity index (χ4n) is 4.53. The zero-order chi connectivity index (χ0) is 12.4. The summed E-state index contributed by atoms with van der Waals surface area (Å²) in [6, 6.07) is 0.641. The number of morpholine rings is 1. The highest BCUT2D eigenvalue weighted by Gasteiger charge is 2.49. The topological polar surface area (TPSA) is 21.3 Å². The number of rotatable bonds is 3. The van der Waals surface area contributed by atoms with Crippen molar-refractivity contribution in [3.05, 3.63) is 0 Å². The summed E-state index contributed by atoms with van der Waals surface area (Å²) in [7, 11) is 0. The van der Waals surface area contributed by atoms with Gasteiger partial charge in [0, 0.05) is 12.6 Å². The molecule has 1 aliphatic heterocycles. The Balaban J connectivity index is 1.74. The molecule has 1 spiro atoms. The minimum absolute atomic E-state index is 0.195. The van der Waals surface area contributed by atoms with Gasteiger partial charge in [0.25, 0.3) is 0 Å². The van der Waals surface area contributed by atoms with Crippen LogP contribution >= 0.6 is 0 Å². The van der Waals surface area contributed by atoms with Crippen LogP contribution in [0.2, 0.25) is 0 Å². The molecule has 2 aliphatic carbocycles. The minimum Gasteiger partial charge on any atom is -0.372 e. The molecular formula is C16H29NO. The first-order valence-electron chi connectivity index (χ1n) is 8.22. The third-order valence-electron chi connectivity index (χ3n) is 5.80. The lowest BCUT2D eigenvalue weighted by Gasteiger charge is -2.53. The van der Waals surface area contributed by atoms with Crippen molar-refractivity contribution in [2.24, 2.45) is 11.8 Å². The Labute approximate surface area is 112 Å². The molecule has 3 atom stereocenters. The van der Waals surface area contributed by atoms with E-state index in [-0.39, 0.29) is 5.60 Å². The van der Waals surface area contributed by atoms with Crippen molar-refractivity contribution in [3.8, 4) is 0 Å². The first-order chi connectivity index (χ1) is 8.85. The van der Waals surface area contributed by atoms with Crippen molar-refractivity contribution >= 4 is 0 Å². The second-order valence-electron chi connectivity index (χ2n) is 6.69. The molecule has 0 aromatic carbocycles. The highest BCUT2D eigenvalue weighted by Crippen LogP contribution is 2.45. The van der Waals surface area contributed by atoms with Crippen LogP contribution in [0.1, 0.15) is 64.7 Å². The van der Waals surface area contributed by atoms with Crippen molar-refractivity contribution in [1.82, 2.24) is 5.32 Å². The van der Waals surface area contributed by atoms with Gasteiger partial charge in [-0.3, -0.25) is 0 Å². The standard InChI is InChI=1S/C16H29NO/c1-2-14-8-3-4-9-16(14)15(17-10-11-18-16)12-13-6-5-7-13/h13-15,17H,2-12H2,1H3. The molecule has 0 aromatic rings. The van der Waals surface area contributed by atoms with Crippen molar-refractivity contribution in [2.45, 2.75) is 76.4 Å². The largest absolute Gasteiger partial charge is 0.372 e. The summed E-state index contributed by atoms with van der Waals surface area (Å²) in [6.07, 6.45) is 12.5. The Hall–Kier alpha value is -0.0800. The number of hydrogen-bond donors (Lipinski definition) is 1. The normalized spacial score (nSPS) is 41.8. The van der Waals surface area contributed by atoms with Crippen LogP contribution in [-0.2, 0) is 4.74 Å². The summed E-state index contributed by atoms with van der Waals surface area (Å²) in [4.78, 5) is 0. The van der Waals surface area contributed by atoms with Crippen LogP contribution in [-0.4, -0.2) is 24.8 Å². The monoisotopic (exact) mass is 251 g/mol. The van der Waals surface area contributed by atoms with Gasteiger partial charge in [-0.05, 0) is 31.1 Å². The molecular weight excluding hydrogens is 222 g/mol. The van der Waals surface area contributed by atoms with Gasteiger partial charge in [0.15, 0.2) is 0 Å². The summed E-state index contributed by atoms with van der Waals surface area (Å²) in [5.41, 5.74) is 0.195. The van der Waals surface area contributed by atoms with E-state index in [2.05, 4.69) is 12.2 Å². The van der Waals surface area contributed by atoms with Crippen molar-refractivity contribution in [3.63, 3.8) is 0 Å². The molecule has 104 valence electrons. The summed E-state index contributed by atoms with van der Waals surface area (Å²) < 4.78 is 6.43. The summed E-state index contributed by atoms with van der Waals surface area (Å²) >= 11 is 0. The van der Waals surface area contributed by atoms with E-state index in [0.717, 1.165) is 25.0 Å². The van der Waals surface area contributed by atoms with Crippen LogP contribution in [0.25, 0.3) is 0 Å². The summed E-state index contributed by atoms with van der Waals surface area (Å²) in [5.74, 6) is 1.78. The fourth-order valence-corrected chi connectivity index (χ4v) is 4.53. The Kier molecular flexibility index (Phi) is 3.95. The van der Waals surface area contributed by atoms with E-state index >= 15 is 0 Å². The van der Waals surface area contributed by atoms with Gasteiger partial charge in [0.1, 0.15) is 0 Å². The molecule has 0 amide bonds. The van der Waals surface area contributed by atoms with E-state index in [1.807, 2.05) is 0 Å². The lowest BCUT2D eigenvalue weighted by Crippen LogP contribution is -2.63. The van der Waals surface area contributed by atoms with Gasteiger partial charge < -0.3 is 10.1 Å². The summed E-state index contributed by atoms with van der Waals surface area (Å²) in [6.45, 7) is 4.35. The van der Waals surface area contributed by atoms with E-state index < -0.39 is 0 Å². The molecule has 18 heavy (non-hydrogen) atoms. The maximum Gasteiger partial charge on any atom is 0.0863 e. The van der Waals surface area contributed by atoms with E-state index in [1.54, 1.807) is 0 Å². The van der Waals surface area contributed by atoms with Gasteiger partial charge in [-0.2, -0.15) is 0 Å². The molecule has 0 aromatic heterocycles. The van der Waals surface area contributed by atoms with Crippen LogP contribution in [0.15, 0.2) is 0 Å². The molecule has 0 radical (unpaired) electrons. The van der Waals surface area contributed by atoms with Gasteiger partial charge in [0.2, 0.25) is 0 Å².